The molecule has 0 unspecified atom stereocenters. The summed E-state index contributed by atoms with van der Waals surface area (Å²) in [5.74, 6) is -0.833. The first kappa shape index (κ1) is 30.8. The minimum Gasteiger partial charge on any atom is -0.495 e. The van der Waals surface area contributed by atoms with Crippen LogP contribution in [0.3, 0.4) is 0 Å². The van der Waals surface area contributed by atoms with E-state index in [9.17, 15) is 24.3 Å². The number of benzene rings is 3. The first-order chi connectivity index (χ1) is 20.6. The lowest BCUT2D eigenvalue weighted by molar-refractivity contribution is -0.194. The Balaban J connectivity index is 1.36. The first-order valence-electron chi connectivity index (χ1n) is 13.6. The number of carboxylic acids is 1. The molecule has 0 saturated heterocycles. The summed E-state index contributed by atoms with van der Waals surface area (Å²) in [5, 5.41) is 14.7. The lowest BCUT2D eigenvalue weighted by Gasteiger charge is -2.25. The largest absolute Gasteiger partial charge is 0.495 e. The molecule has 0 aromatic heterocycles. The Morgan fingerprint density at radius 1 is 0.953 bits per heavy atom. The van der Waals surface area contributed by atoms with Crippen molar-refractivity contribution in [2.75, 3.05) is 37.9 Å². The fraction of sp³-hybridized carbons (Fsp3) is 0.290. The maximum absolute atomic E-state index is 13.2. The number of anilines is 2. The van der Waals surface area contributed by atoms with E-state index in [1.165, 1.54) is 24.0 Å². The summed E-state index contributed by atoms with van der Waals surface area (Å²) in [7, 11) is 2.97. The zero-order valence-electron chi connectivity index (χ0n) is 24.2. The van der Waals surface area contributed by atoms with Crippen LogP contribution < -0.4 is 20.3 Å². The number of carbonyl (C=O) groups is 4. The Kier molecular flexibility index (Phi) is 10.2. The zero-order chi connectivity index (χ0) is 30.9. The van der Waals surface area contributed by atoms with E-state index in [-0.39, 0.29) is 38.4 Å². The van der Waals surface area contributed by atoms with Crippen LogP contribution in [0.25, 0.3) is 0 Å². The fourth-order valence-electron chi connectivity index (χ4n) is 4.43. The number of likely N-dealkylation sites (N-methyl/N-ethyl adjacent to an activating group) is 1. The number of ether oxygens (including phenoxy) is 1. The number of hydrogen-bond acceptors (Lipinski definition) is 7. The van der Waals surface area contributed by atoms with Gasteiger partial charge in [-0.25, -0.2) is 4.79 Å². The molecule has 0 atom stereocenters. The maximum atomic E-state index is 13.2. The van der Waals surface area contributed by atoms with Crippen LogP contribution in [-0.4, -0.2) is 66.0 Å². The number of fused-ring (bicyclic) bond motifs is 1. The molecule has 226 valence electrons. The van der Waals surface area contributed by atoms with E-state index in [0.29, 0.717) is 35.0 Å². The highest BCUT2D eigenvalue weighted by Gasteiger charge is 2.22. The molecule has 0 spiro atoms. The number of amides is 4. The summed E-state index contributed by atoms with van der Waals surface area (Å²) in [6.07, 6.45) is -0.260. The molecule has 3 N–H and O–H groups in total. The highest BCUT2D eigenvalue weighted by molar-refractivity contribution is 6.01. The van der Waals surface area contributed by atoms with Gasteiger partial charge in [-0.05, 0) is 47.9 Å². The Bertz CT molecular complexity index is 1510. The van der Waals surface area contributed by atoms with Crippen molar-refractivity contribution < 1.29 is 38.8 Å². The smallest absolute Gasteiger partial charge is 0.323 e. The molecular formula is C31H34N4O8. The molecule has 0 bridgehead atoms. The van der Waals surface area contributed by atoms with Gasteiger partial charge in [-0.3, -0.25) is 14.4 Å². The lowest BCUT2D eigenvalue weighted by Crippen LogP contribution is -2.42. The van der Waals surface area contributed by atoms with E-state index < -0.39 is 17.9 Å². The molecule has 1 aliphatic rings. The second kappa shape index (κ2) is 14.2. The van der Waals surface area contributed by atoms with E-state index in [4.69, 9.17) is 14.5 Å². The monoisotopic (exact) mass is 590 g/mol. The summed E-state index contributed by atoms with van der Waals surface area (Å²) in [6, 6.07) is 17.3. The van der Waals surface area contributed by atoms with Crippen molar-refractivity contribution in [3.05, 3.63) is 82.9 Å². The van der Waals surface area contributed by atoms with Crippen molar-refractivity contribution in [1.29, 1.82) is 0 Å². The molecule has 4 rings (SSSR count). The van der Waals surface area contributed by atoms with Crippen LogP contribution in [0.15, 0.2) is 60.7 Å². The summed E-state index contributed by atoms with van der Waals surface area (Å²) in [5.41, 5.74) is 4.25. The number of aliphatic carboxylic acids is 1. The molecule has 3 aromatic rings. The van der Waals surface area contributed by atoms with E-state index >= 15 is 0 Å². The number of carbonyl (C=O) groups excluding carboxylic acids is 3. The van der Waals surface area contributed by atoms with Crippen LogP contribution >= 0.6 is 0 Å². The van der Waals surface area contributed by atoms with Gasteiger partial charge in [0.25, 0.3) is 0 Å². The molecule has 43 heavy (non-hydrogen) atoms. The highest BCUT2D eigenvalue weighted by Crippen LogP contribution is 2.28. The van der Waals surface area contributed by atoms with E-state index in [0.717, 1.165) is 16.7 Å². The third-order valence-corrected chi connectivity index (χ3v) is 6.88. The second-order valence-electron chi connectivity index (χ2n) is 10.1. The van der Waals surface area contributed by atoms with Crippen molar-refractivity contribution in [2.45, 2.75) is 32.9 Å². The summed E-state index contributed by atoms with van der Waals surface area (Å²) in [4.78, 5) is 62.8. The molecule has 12 heteroatoms. The van der Waals surface area contributed by atoms with Crippen LogP contribution in [0.2, 0.25) is 0 Å². The van der Waals surface area contributed by atoms with Crippen molar-refractivity contribution in [2.24, 2.45) is 0 Å². The predicted molar refractivity (Wildman–Crippen MR) is 158 cm³/mol. The Morgan fingerprint density at radius 3 is 2.44 bits per heavy atom. The number of aryl methyl sites for hydroxylation is 1. The van der Waals surface area contributed by atoms with Crippen molar-refractivity contribution in [3.63, 3.8) is 0 Å². The summed E-state index contributed by atoms with van der Waals surface area (Å²) >= 11 is 0. The minimum atomic E-state index is -1.03. The molecule has 0 aliphatic carbocycles. The Hall–Kier alpha value is -5.10. The van der Waals surface area contributed by atoms with Crippen molar-refractivity contribution >= 4 is 35.2 Å². The molecule has 0 saturated carbocycles. The van der Waals surface area contributed by atoms with Gasteiger partial charge in [-0.2, -0.15) is 4.89 Å². The molecule has 0 fully saturated rings. The van der Waals surface area contributed by atoms with E-state index in [1.807, 2.05) is 37.3 Å². The normalized spacial score (nSPS) is 11.6. The van der Waals surface area contributed by atoms with Gasteiger partial charge < -0.3 is 35.2 Å². The van der Waals surface area contributed by atoms with Gasteiger partial charge in [0.1, 0.15) is 12.4 Å². The van der Waals surface area contributed by atoms with Crippen LogP contribution in [0, 0.1) is 6.92 Å². The van der Waals surface area contributed by atoms with Gasteiger partial charge in [0.2, 0.25) is 11.8 Å². The topological polar surface area (TPSA) is 147 Å². The number of methoxy groups -OCH3 is 1. The molecule has 3 aromatic carbocycles. The van der Waals surface area contributed by atoms with Crippen LogP contribution in [0.5, 0.6) is 11.5 Å². The van der Waals surface area contributed by atoms with Gasteiger partial charge in [0.15, 0.2) is 5.75 Å². The van der Waals surface area contributed by atoms with Crippen molar-refractivity contribution in [1.82, 2.24) is 9.80 Å². The van der Waals surface area contributed by atoms with E-state index in [1.54, 1.807) is 30.3 Å². The molecule has 0 radical (unpaired) electrons. The first-order valence-corrected chi connectivity index (χ1v) is 13.6. The number of nitrogens with zero attached hydrogens (tertiary/aromatic N) is 2. The molecular weight excluding hydrogens is 556 g/mol. The minimum absolute atomic E-state index is 0.0201. The van der Waals surface area contributed by atoms with Gasteiger partial charge in [0, 0.05) is 31.4 Å². The number of rotatable bonds is 12. The van der Waals surface area contributed by atoms with Crippen molar-refractivity contribution in [3.8, 4) is 11.5 Å². The number of nitrogens with one attached hydrogen (secondary N) is 2. The SMILES string of the molecule is COc1cc(CC(=O)N(C)CC(=O)N(CCC(=O)O)Cc2ccc3c(c2)OOC3)ccc1NC(=O)Nc1ccccc1C. The third kappa shape index (κ3) is 8.46. The number of carboxylic acid groups (broad SMARTS) is 1. The van der Waals surface area contributed by atoms with Gasteiger partial charge in [-0.1, -0.05) is 36.4 Å². The van der Waals surface area contributed by atoms with Gasteiger partial charge in [-0.15, -0.1) is 0 Å². The third-order valence-electron chi connectivity index (χ3n) is 6.88. The molecule has 12 nitrogen and oxygen atoms in total. The molecule has 1 heterocycles. The number of para-hydroxylation sites is 1. The van der Waals surface area contributed by atoms with Crippen LogP contribution in [0.4, 0.5) is 16.2 Å². The second-order valence-corrected chi connectivity index (χ2v) is 10.1. The highest BCUT2D eigenvalue weighted by atomic mass is 17.2. The maximum Gasteiger partial charge on any atom is 0.323 e. The van der Waals surface area contributed by atoms with Crippen LogP contribution in [0.1, 0.15) is 28.7 Å². The standard InChI is InChI=1S/C31H34N4O8/c1-20-6-4-5-7-24(20)32-31(40)33-25-11-9-21(14-27(25)41-3)16-28(36)34(2)18-29(37)35(13-12-30(38)39)17-22-8-10-23-19-42-43-26(23)15-22/h4-11,14-15H,12-13,16-19H2,1-3H3,(H,38,39)(H2,32,33,40). The predicted octanol–water partition coefficient (Wildman–Crippen LogP) is 3.98. The number of hydrogen-bond donors (Lipinski definition) is 3. The average Bonchev–Trinajstić information content (AvgIpc) is 3.45. The number of urea groups is 1. The quantitative estimate of drug-likeness (QED) is 0.269. The summed E-state index contributed by atoms with van der Waals surface area (Å²) < 4.78 is 5.44. The van der Waals surface area contributed by atoms with Crippen LogP contribution in [-0.2, 0) is 38.8 Å². The molecule has 4 amide bonds. The van der Waals surface area contributed by atoms with Gasteiger partial charge in [0.05, 0.1) is 32.2 Å². The van der Waals surface area contributed by atoms with E-state index in [2.05, 4.69) is 10.6 Å². The Labute approximate surface area is 249 Å². The fourth-order valence-corrected chi connectivity index (χ4v) is 4.43. The summed E-state index contributed by atoms with van der Waals surface area (Å²) in [6.45, 7) is 2.11. The average molecular weight is 591 g/mol. The molecule has 1 aliphatic heterocycles. The van der Waals surface area contributed by atoms with Gasteiger partial charge >= 0.3 is 12.0 Å². The Morgan fingerprint density at radius 2 is 1.70 bits per heavy atom. The zero-order valence-corrected chi connectivity index (χ0v) is 24.2. The lowest BCUT2D eigenvalue weighted by atomic mass is 10.1.